The van der Waals surface area contributed by atoms with Crippen LogP contribution >= 0.6 is 0 Å². The Hall–Kier alpha value is -0.610. The molecule has 0 bridgehead atoms. The standard InChI is InChI=1S/C14H28N2O2/c1-4-6-10-16(3)12-8-7-9-14(11-12,13(17)18)15-5-2/h12,15H,4-11H2,1-3H3,(H,17,18). The summed E-state index contributed by atoms with van der Waals surface area (Å²) in [5.74, 6) is -0.682. The van der Waals surface area contributed by atoms with Crippen LogP contribution < -0.4 is 5.32 Å². The van der Waals surface area contributed by atoms with Crippen LogP contribution in [0.15, 0.2) is 0 Å². The quantitative estimate of drug-likeness (QED) is 0.732. The molecule has 1 saturated carbocycles. The van der Waals surface area contributed by atoms with E-state index in [4.69, 9.17) is 0 Å². The van der Waals surface area contributed by atoms with E-state index in [-0.39, 0.29) is 0 Å². The lowest BCUT2D eigenvalue weighted by molar-refractivity contribution is -0.147. The van der Waals surface area contributed by atoms with Crippen molar-refractivity contribution in [2.75, 3.05) is 20.1 Å². The molecule has 1 rings (SSSR count). The largest absolute Gasteiger partial charge is 0.480 e. The summed E-state index contributed by atoms with van der Waals surface area (Å²) in [5, 5.41) is 12.7. The molecule has 18 heavy (non-hydrogen) atoms. The number of hydrogen-bond donors (Lipinski definition) is 2. The van der Waals surface area contributed by atoms with Gasteiger partial charge in [0.2, 0.25) is 0 Å². The van der Waals surface area contributed by atoms with Crippen LogP contribution in [0.3, 0.4) is 0 Å². The van der Waals surface area contributed by atoms with Gasteiger partial charge in [-0.3, -0.25) is 4.79 Å². The Bertz CT molecular complexity index is 267. The summed E-state index contributed by atoms with van der Waals surface area (Å²) < 4.78 is 0. The highest BCUT2D eigenvalue weighted by Crippen LogP contribution is 2.31. The molecule has 0 spiro atoms. The molecule has 1 fully saturated rings. The second kappa shape index (κ2) is 7.10. The first-order valence-electron chi connectivity index (χ1n) is 7.24. The Kier molecular flexibility index (Phi) is 6.09. The number of nitrogens with zero attached hydrogens (tertiary/aromatic N) is 1. The summed E-state index contributed by atoms with van der Waals surface area (Å²) in [7, 11) is 2.13. The maximum atomic E-state index is 11.6. The maximum Gasteiger partial charge on any atom is 0.323 e. The number of nitrogens with one attached hydrogen (secondary N) is 1. The van der Waals surface area contributed by atoms with E-state index in [2.05, 4.69) is 24.2 Å². The number of aliphatic carboxylic acids is 1. The molecule has 0 amide bonds. The molecule has 0 radical (unpaired) electrons. The Balaban J connectivity index is 2.65. The minimum Gasteiger partial charge on any atom is -0.480 e. The molecule has 0 heterocycles. The third-order valence-electron chi connectivity index (χ3n) is 4.14. The fourth-order valence-corrected chi connectivity index (χ4v) is 2.98. The lowest BCUT2D eigenvalue weighted by atomic mass is 9.78. The van der Waals surface area contributed by atoms with E-state index in [0.29, 0.717) is 6.04 Å². The number of carboxylic acids is 1. The third-order valence-corrected chi connectivity index (χ3v) is 4.14. The van der Waals surface area contributed by atoms with E-state index >= 15 is 0 Å². The fraction of sp³-hybridized carbons (Fsp3) is 0.929. The van der Waals surface area contributed by atoms with E-state index in [1.54, 1.807) is 0 Å². The molecule has 1 aliphatic carbocycles. The van der Waals surface area contributed by atoms with Crippen molar-refractivity contribution in [1.82, 2.24) is 10.2 Å². The van der Waals surface area contributed by atoms with Gasteiger partial charge in [-0.1, -0.05) is 20.3 Å². The van der Waals surface area contributed by atoms with Crippen molar-refractivity contribution in [1.29, 1.82) is 0 Å². The number of carbonyl (C=O) groups is 1. The van der Waals surface area contributed by atoms with Crippen LogP contribution in [-0.4, -0.2) is 47.7 Å². The Morgan fingerprint density at radius 3 is 2.78 bits per heavy atom. The number of likely N-dealkylation sites (N-methyl/N-ethyl adjacent to an activating group) is 1. The fourth-order valence-electron chi connectivity index (χ4n) is 2.98. The van der Waals surface area contributed by atoms with Crippen molar-refractivity contribution in [2.45, 2.75) is 64.0 Å². The molecule has 1 aliphatic rings. The summed E-state index contributed by atoms with van der Waals surface area (Å²) in [6.45, 7) is 5.96. The molecule has 2 unspecified atom stereocenters. The van der Waals surface area contributed by atoms with Gasteiger partial charge in [0.25, 0.3) is 0 Å². The molecule has 4 nitrogen and oxygen atoms in total. The Morgan fingerprint density at radius 1 is 1.50 bits per heavy atom. The number of hydrogen-bond acceptors (Lipinski definition) is 3. The first-order valence-corrected chi connectivity index (χ1v) is 7.24. The van der Waals surface area contributed by atoms with Crippen LogP contribution in [0.25, 0.3) is 0 Å². The topological polar surface area (TPSA) is 52.6 Å². The third kappa shape index (κ3) is 3.69. The first-order chi connectivity index (χ1) is 8.55. The summed E-state index contributed by atoms with van der Waals surface area (Å²) in [6, 6.07) is 0.403. The normalized spacial score (nSPS) is 28.6. The van der Waals surface area contributed by atoms with E-state index in [9.17, 15) is 9.90 Å². The average molecular weight is 256 g/mol. The van der Waals surface area contributed by atoms with Crippen molar-refractivity contribution in [2.24, 2.45) is 0 Å². The lowest BCUT2D eigenvalue weighted by Gasteiger charge is -2.41. The van der Waals surface area contributed by atoms with Crippen LogP contribution in [0.4, 0.5) is 0 Å². The molecule has 0 saturated heterocycles. The van der Waals surface area contributed by atoms with Gasteiger partial charge in [-0.15, -0.1) is 0 Å². The Labute approximate surface area is 111 Å². The van der Waals surface area contributed by atoms with E-state index in [1.165, 1.54) is 12.8 Å². The second-order valence-electron chi connectivity index (χ2n) is 5.50. The van der Waals surface area contributed by atoms with Gasteiger partial charge < -0.3 is 15.3 Å². The van der Waals surface area contributed by atoms with Gasteiger partial charge in [-0.25, -0.2) is 0 Å². The molecular weight excluding hydrogens is 228 g/mol. The smallest absolute Gasteiger partial charge is 0.323 e. The van der Waals surface area contributed by atoms with Crippen molar-refractivity contribution >= 4 is 5.97 Å². The zero-order valence-corrected chi connectivity index (χ0v) is 12.0. The van der Waals surface area contributed by atoms with Crippen LogP contribution in [0.2, 0.25) is 0 Å². The van der Waals surface area contributed by atoms with Crippen molar-refractivity contribution < 1.29 is 9.90 Å². The van der Waals surface area contributed by atoms with Gasteiger partial charge in [-0.05, 0) is 52.2 Å². The summed E-state index contributed by atoms with van der Waals surface area (Å²) >= 11 is 0. The number of rotatable bonds is 7. The minimum absolute atomic E-state index is 0.403. The molecule has 2 atom stereocenters. The highest BCUT2D eigenvalue weighted by Gasteiger charge is 2.43. The minimum atomic E-state index is -0.696. The van der Waals surface area contributed by atoms with E-state index in [1.807, 2.05) is 6.92 Å². The van der Waals surface area contributed by atoms with Crippen LogP contribution in [0.5, 0.6) is 0 Å². The highest BCUT2D eigenvalue weighted by molar-refractivity contribution is 5.79. The Morgan fingerprint density at radius 2 is 2.22 bits per heavy atom. The van der Waals surface area contributed by atoms with Gasteiger partial charge in [0.1, 0.15) is 5.54 Å². The zero-order chi connectivity index (χ0) is 13.6. The molecule has 0 aliphatic heterocycles. The SMILES string of the molecule is CCCCN(C)C1CCCC(NCC)(C(=O)O)C1. The predicted molar refractivity (Wildman–Crippen MR) is 73.8 cm³/mol. The van der Waals surface area contributed by atoms with Gasteiger partial charge in [0.15, 0.2) is 0 Å². The van der Waals surface area contributed by atoms with Crippen molar-refractivity contribution in [3.8, 4) is 0 Å². The molecular formula is C14H28N2O2. The monoisotopic (exact) mass is 256 g/mol. The average Bonchev–Trinajstić information content (AvgIpc) is 2.36. The number of unbranched alkanes of at least 4 members (excludes halogenated alkanes) is 1. The molecule has 0 aromatic rings. The van der Waals surface area contributed by atoms with Crippen LogP contribution in [0.1, 0.15) is 52.4 Å². The predicted octanol–water partition coefficient (Wildman–Crippen LogP) is 2.09. The van der Waals surface area contributed by atoms with Crippen molar-refractivity contribution in [3.05, 3.63) is 0 Å². The lowest BCUT2D eigenvalue weighted by Crippen LogP contribution is -2.58. The van der Waals surface area contributed by atoms with Crippen LogP contribution in [-0.2, 0) is 4.79 Å². The summed E-state index contributed by atoms with van der Waals surface area (Å²) in [6.07, 6.45) is 5.99. The molecule has 2 N–H and O–H groups in total. The van der Waals surface area contributed by atoms with E-state index in [0.717, 1.165) is 38.8 Å². The maximum absolute atomic E-state index is 11.6. The second-order valence-corrected chi connectivity index (χ2v) is 5.50. The summed E-state index contributed by atoms with van der Waals surface area (Å²) in [4.78, 5) is 13.9. The van der Waals surface area contributed by atoms with Gasteiger partial charge >= 0.3 is 5.97 Å². The molecule has 106 valence electrons. The van der Waals surface area contributed by atoms with Crippen LogP contribution in [0, 0.1) is 0 Å². The van der Waals surface area contributed by atoms with Crippen molar-refractivity contribution in [3.63, 3.8) is 0 Å². The molecule has 4 heteroatoms. The van der Waals surface area contributed by atoms with Gasteiger partial charge in [0.05, 0.1) is 0 Å². The highest BCUT2D eigenvalue weighted by atomic mass is 16.4. The molecule has 0 aromatic carbocycles. The van der Waals surface area contributed by atoms with E-state index < -0.39 is 11.5 Å². The molecule has 0 aromatic heterocycles. The van der Waals surface area contributed by atoms with Gasteiger partial charge in [-0.2, -0.15) is 0 Å². The summed E-state index contributed by atoms with van der Waals surface area (Å²) in [5.41, 5.74) is -0.696. The zero-order valence-electron chi connectivity index (χ0n) is 12.0. The van der Waals surface area contributed by atoms with Gasteiger partial charge in [0, 0.05) is 6.04 Å². The first kappa shape index (κ1) is 15.4. The number of carboxylic acid groups (broad SMARTS) is 1.